The molecule has 112 valence electrons. The van der Waals surface area contributed by atoms with Gasteiger partial charge in [-0.2, -0.15) is 5.26 Å². The highest BCUT2D eigenvalue weighted by atomic mass is 19.1. The van der Waals surface area contributed by atoms with Gasteiger partial charge in [0, 0.05) is 38.3 Å². The number of rotatable bonds is 4. The SMILES string of the molecule is CCCC12C/C(=C/F)CN1CCN(CC(C)(C)C#N)C2. The molecule has 2 heterocycles. The predicted molar refractivity (Wildman–Crippen MR) is 78.9 cm³/mol. The Morgan fingerprint density at radius 1 is 1.45 bits per heavy atom. The summed E-state index contributed by atoms with van der Waals surface area (Å²) in [6.07, 6.45) is 3.87. The number of nitrogens with zero attached hydrogens (tertiary/aromatic N) is 3. The Kier molecular flexibility index (Phi) is 4.51. The second kappa shape index (κ2) is 5.83. The molecule has 2 fully saturated rings. The van der Waals surface area contributed by atoms with Crippen molar-refractivity contribution in [1.82, 2.24) is 9.80 Å². The Balaban J connectivity index is 2.12. The highest BCUT2D eigenvalue weighted by molar-refractivity contribution is 5.19. The second-order valence-electron chi connectivity index (χ2n) is 7.05. The van der Waals surface area contributed by atoms with Crippen molar-refractivity contribution in [3.05, 3.63) is 11.9 Å². The molecule has 2 saturated heterocycles. The third kappa shape index (κ3) is 3.05. The van der Waals surface area contributed by atoms with Gasteiger partial charge < -0.3 is 0 Å². The first-order chi connectivity index (χ1) is 9.44. The van der Waals surface area contributed by atoms with E-state index in [-0.39, 0.29) is 11.0 Å². The van der Waals surface area contributed by atoms with Crippen molar-refractivity contribution >= 4 is 0 Å². The van der Waals surface area contributed by atoms with Crippen LogP contribution in [0.15, 0.2) is 11.9 Å². The first-order valence-electron chi connectivity index (χ1n) is 7.61. The molecule has 2 rings (SSSR count). The van der Waals surface area contributed by atoms with E-state index in [1.807, 2.05) is 13.8 Å². The Labute approximate surface area is 122 Å². The number of fused-ring (bicyclic) bond motifs is 1. The molecule has 0 spiro atoms. The summed E-state index contributed by atoms with van der Waals surface area (Å²) in [5.74, 6) is 0. The highest BCUT2D eigenvalue weighted by Gasteiger charge is 2.46. The molecule has 0 aromatic heterocycles. The zero-order valence-electron chi connectivity index (χ0n) is 13.0. The van der Waals surface area contributed by atoms with Gasteiger partial charge in [-0.1, -0.05) is 13.3 Å². The van der Waals surface area contributed by atoms with Gasteiger partial charge in [0.2, 0.25) is 0 Å². The second-order valence-corrected chi connectivity index (χ2v) is 7.05. The summed E-state index contributed by atoms with van der Waals surface area (Å²) in [6, 6.07) is 2.39. The van der Waals surface area contributed by atoms with Gasteiger partial charge in [0.05, 0.1) is 17.8 Å². The van der Waals surface area contributed by atoms with E-state index in [4.69, 9.17) is 0 Å². The summed E-state index contributed by atoms with van der Waals surface area (Å²) >= 11 is 0. The third-order valence-corrected chi connectivity index (χ3v) is 4.62. The molecule has 1 atom stereocenters. The molecule has 0 amide bonds. The van der Waals surface area contributed by atoms with E-state index in [0.717, 1.165) is 63.9 Å². The van der Waals surface area contributed by atoms with Crippen LogP contribution < -0.4 is 0 Å². The van der Waals surface area contributed by atoms with Crippen molar-refractivity contribution in [2.75, 3.05) is 32.7 Å². The normalized spacial score (nSPS) is 30.4. The lowest BCUT2D eigenvalue weighted by Crippen LogP contribution is -2.60. The average Bonchev–Trinajstić information content (AvgIpc) is 2.76. The lowest BCUT2D eigenvalue weighted by Gasteiger charge is -2.48. The maximum atomic E-state index is 12.9. The molecular formula is C16H26FN3. The van der Waals surface area contributed by atoms with E-state index in [1.165, 1.54) is 0 Å². The molecule has 0 saturated carbocycles. The van der Waals surface area contributed by atoms with Gasteiger partial charge in [-0.25, -0.2) is 4.39 Å². The largest absolute Gasteiger partial charge is 0.299 e. The molecular weight excluding hydrogens is 253 g/mol. The fourth-order valence-corrected chi connectivity index (χ4v) is 3.83. The third-order valence-electron chi connectivity index (χ3n) is 4.62. The molecule has 0 N–H and O–H groups in total. The van der Waals surface area contributed by atoms with Crippen molar-refractivity contribution in [1.29, 1.82) is 5.26 Å². The van der Waals surface area contributed by atoms with E-state index in [1.54, 1.807) is 0 Å². The van der Waals surface area contributed by atoms with Gasteiger partial charge >= 0.3 is 0 Å². The van der Waals surface area contributed by atoms with Crippen LogP contribution in [0.3, 0.4) is 0 Å². The minimum atomic E-state index is -0.313. The van der Waals surface area contributed by atoms with Crippen molar-refractivity contribution in [2.45, 2.75) is 45.6 Å². The van der Waals surface area contributed by atoms with Crippen LogP contribution in [0.1, 0.15) is 40.0 Å². The van der Waals surface area contributed by atoms with Crippen LogP contribution in [-0.2, 0) is 0 Å². The van der Waals surface area contributed by atoms with Gasteiger partial charge in [-0.15, -0.1) is 0 Å². The smallest absolute Gasteiger partial charge is 0.0872 e. The van der Waals surface area contributed by atoms with E-state index >= 15 is 0 Å². The maximum Gasteiger partial charge on any atom is 0.0872 e. The molecule has 1 unspecified atom stereocenters. The predicted octanol–water partition coefficient (Wildman–Crippen LogP) is 2.95. The molecule has 0 aromatic rings. The fraction of sp³-hybridized carbons (Fsp3) is 0.812. The molecule has 0 aromatic carbocycles. The summed E-state index contributed by atoms with van der Waals surface area (Å²) in [7, 11) is 0. The van der Waals surface area contributed by atoms with Gasteiger partial charge in [-0.05, 0) is 32.3 Å². The zero-order chi connectivity index (χ0) is 14.8. The van der Waals surface area contributed by atoms with Crippen LogP contribution >= 0.6 is 0 Å². The summed E-state index contributed by atoms with van der Waals surface area (Å²) in [4.78, 5) is 4.86. The summed E-state index contributed by atoms with van der Waals surface area (Å²) in [5.41, 5.74) is 0.712. The Morgan fingerprint density at radius 2 is 2.20 bits per heavy atom. The van der Waals surface area contributed by atoms with E-state index in [0.29, 0.717) is 0 Å². The van der Waals surface area contributed by atoms with Crippen molar-refractivity contribution in [3.63, 3.8) is 0 Å². The lowest BCUT2D eigenvalue weighted by atomic mass is 9.86. The van der Waals surface area contributed by atoms with Gasteiger partial charge in [0.1, 0.15) is 0 Å². The Bertz CT molecular complexity index is 424. The molecule has 3 nitrogen and oxygen atoms in total. The van der Waals surface area contributed by atoms with E-state index in [2.05, 4.69) is 22.8 Å². The summed E-state index contributed by atoms with van der Waals surface area (Å²) < 4.78 is 12.9. The number of nitriles is 1. The topological polar surface area (TPSA) is 30.3 Å². The minimum absolute atomic E-state index is 0.0937. The zero-order valence-corrected chi connectivity index (χ0v) is 13.0. The standard InChI is InChI=1S/C16H26FN3/c1-4-5-16-8-14(9-17)10-20(16)7-6-19(13-16)12-15(2,3)11-18/h9H,4-8,10,12-13H2,1-3H3/b14-9-. The van der Waals surface area contributed by atoms with Crippen molar-refractivity contribution in [2.24, 2.45) is 5.41 Å². The first-order valence-corrected chi connectivity index (χ1v) is 7.61. The number of hydrogen-bond acceptors (Lipinski definition) is 3. The van der Waals surface area contributed by atoms with Crippen molar-refractivity contribution in [3.8, 4) is 6.07 Å². The van der Waals surface area contributed by atoms with Crippen LogP contribution in [-0.4, -0.2) is 48.1 Å². The Morgan fingerprint density at radius 3 is 2.80 bits per heavy atom. The summed E-state index contributed by atoms with van der Waals surface area (Å²) in [5, 5.41) is 9.21. The minimum Gasteiger partial charge on any atom is -0.299 e. The quantitative estimate of drug-likeness (QED) is 0.792. The number of hydrogen-bond donors (Lipinski definition) is 0. The first kappa shape index (κ1) is 15.5. The van der Waals surface area contributed by atoms with Crippen LogP contribution in [0.25, 0.3) is 0 Å². The summed E-state index contributed by atoms with van der Waals surface area (Å²) in [6.45, 7) is 10.7. The van der Waals surface area contributed by atoms with Crippen LogP contribution in [0, 0.1) is 16.7 Å². The van der Waals surface area contributed by atoms with Crippen molar-refractivity contribution < 1.29 is 4.39 Å². The Hall–Kier alpha value is -0.920. The van der Waals surface area contributed by atoms with Gasteiger partial charge in [-0.3, -0.25) is 9.80 Å². The molecule has 20 heavy (non-hydrogen) atoms. The number of halogens is 1. The molecule has 0 bridgehead atoms. The average molecular weight is 279 g/mol. The van der Waals surface area contributed by atoms with Crippen LogP contribution in [0.5, 0.6) is 0 Å². The van der Waals surface area contributed by atoms with E-state index in [9.17, 15) is 9.65 Å². The van der Waals surface area contributed by atoms with Crippen LogP contribution in [0.2, 0.25) is 0 Å². The maximum absolute atomic E-state index is 12.9. The number of piperazine rings is 1. The van der Waals surface area contributed by atoms with Crippen LogP contribution in [0.4, 0.5) is 4.39 Å². The fourth-order valence-electron chi connectivity index (χ4n) is 3.83. The highest BCUT2D eigenvalue weighted by Crippen LogP contribution is 2.39. The molecule has 2 aliphatic heterocycles. The van der Waals surface area contributed by atoms with Gasteiger partial charge in [0.15, 0.2) is 0 Å². The molecule has 0 radical (unpaired) electrons. The molecule has 0 aliphatic carbocycles. The molecule has 4 heteroatoms. The lowest BCUT2D eigenvalue weighted by molar-refractivity contribution is 0.0114. The molecule has 2 aliphatic rings. The van der Waals surface area contributed by atoms with E-state index < -0.39 is 0 Å². The van der Waals surface area contributed by atoms with Gasteiger partial charge in [0.25, 0.3) is 0 Å². The monoisotopic (exact) mass is 279 g/mol.